The summed E-state index contributed by atoms with van der Waals surface area (Å²) in [4.78, 5) is 12.5. The van der Waals surface area contributed by atoms with Crippen LogP contribution in [0.2, 0.25) is 0 Å². The van der Waals surface area contributed by atoms with Gasteiger partial charge in [0.1, 0.15) is 17.4 Å². The minimum Gasteiger partial charge on any atom is -0.497 e. The molecule has 29 heavy (non-hydrogen) atoms. The van der Waals surface area contributed by atoms with Crippen LogP contribution in [0.4, 0.5) is 0 Å². The van der Waals surface area contributed by atoms with E-state index in [1.54, 1.807) is 7.11 Å². The third-order valence-corrected chi connectivity index (χ3v) is 5.30. The van der Waals surface area contributed by atoms with Crippen LogP contribution < -0.4 is 15.4 Å². The summed E-state index contributed by atoms with van der Waals surface area (Å²) in [6.07, 6.45) is 6.18. The van der Waals surface area contributed by atoms with Crippen LogP contribution in [0, 0.1) is 11.3 Å². The normalized spacial score (nSPS) is 14.3. The maximum absolute atomic E-state index is 12.5. The number of methoxy groups -OCH3 is 1. The molecule has 2 N–H and O–H groups in total. The zero-order chi connectivity index (χ0) is 20.6. The standard InChI is InChI=1S/C24H27N3O2/c1-17(20-10-9-19-5-3-4-6-21(19)13-20)27-24(28)22(14-25)16-26-15-18-7-11-23(29-2)12-8-18/h7-13,16-17,26H,3-6,15H2,1-2H3,(H,27,28)/b22-16-. The van der Waals surface area contributed by atoms with Crippen molar-refractivity contribution in [2.24, 2.45) is 0 Å². The molecule has 0 saturated carbocycles. The van der Waals surface area contributed by atoms with Gasteiger partial charge in [0.2, 0.25) is 0 Å². The van der Waals surface area contributed by atoms with Gasteiger partial charge in [-0.3, -0.25) is 4.79 Å². The third-order valence-electron chi connectivity index (χ3n) is 5.30. The highest BCUT2D eigenvalue weighted by molar-refractivity contribution is 5.97. The molecule has 1 unspecified atom stereocenters. The van der Waals surface area contributed by atoms with E-state index in [0.29, 0.717) is 6.54 Å². The smallest absolute Gasteiger partial charge is 0.263 e. The molecule has 0 radical (unpaired) electrons. The molecule has 1 atom stereocenters. The van der Waals surface area contributed by atoms with Gasteiger partial charge < -0.3 is 15.4 Å². The van der Waals surface area contributed by atoms with Gasteiger partial charge in [-0.05, 0) is 67.0 Å². The number of carbonyl (C=O) groups is 1. The number of hydrogen-bond acceptors (Lipinski definition) is 4. The second-order valence-electron chi connectivity index (χ2n) is 7.33. The van der Waals surface area contributed by atoms with Crippen molar-refractivity contribution in [3.63, 3.8) is 0 Å². The van der Waals surface area contributed by atoms with E-state index in [4.69, 9.17) is 4.74 Å². The first-order valence-corrected chi connectivity index (χ1v) is 10.00. The first-order chi connectivity index (χ1) is 14.1. The van der Waals surface area contributed by atoms with Crippen LogP contribution in [0.5, 0.6) is 5.75 Å². The van der Waals surface area contributed by atoms with Crippen molar-refractivity contribution in [3.05, 3.63) is 76.5 Å². The van der Waals surface area contributed by atoms with E-state index < -0.39 is 0 Å². The quantitative estimate of drug-likeness (QED) is 0.555. The molecule has 0 saturated heterocycles. The zero-order valence-electron chi connectivity index (χ0n) is 17.0. The minimum absolute atomic E-state index is 0.0586. The number of amides is 1. The number of nitrogens with zero attached hydrogens (tertiary/aromatic N) is 1. The Bertz CT molecular complexity index is 926. The zero-order valence-corrected chi connectivity index (χ0v) is 17.0. The molecule has 5 nitrogen and oxygen atoms in total. The summed E-state index contributed by atoms with van der Waals surface area (Å²) in [5.74, 6) is 0.414. The topological polar surface area (TPSA) is 74.1 Å². The Morgan fingerprint density at radius 3 is 2.59 bits per heavy atom. The molecule has 0 fully saturated rings. The Hall–Kier alpha value is -3.26. The molecule has 1 aliphatic rings. The van der Waals surface area contributed by atoms with E-state index in [1.807, 2.05) is 37.3 Å². The molecule has 5 heteroatoms. The summed E-state index contributed by atoms with van der Waals surface area (Å²) in [6.45, 7) is 2.46. The third kappa shape index (κ3) is 5.39. The molecule has 2 aromatic carbocycles. The number of carbonyl (C=O) groups excluding carboxylic acids is 1. The number of aryl methyl sites for hydroxylation is 2. The van der Waals surface area contributed by atoms with Gasteiger partial charge in [0.05, 0.1) is 13.2 Å². The summed E-state index contributed by atoms with van der Waals surface area (Å²) >= 11 is 0. The summed E-state index contributed by atoms with van der Waals surface area (Å²) in [7, 11) is 1.62. The van der Waals surface area contributed by atoms with E-state index >= 15 is 0 Å². The van der Waals surface area contributed by atoms with Crippen molar-refractivity contribution in [2.45, 2.75) is 45.2 Å². The van der Waals surface area contributed by atoms with Gasteiger partial charge in [0.15, 0.2) is 0 Å². The summed E-state index contributed by atoms with van der Waals surface area (Å²) in [6, 6.07) is 15.9. The highest BCUT2D eigenvalue weighted by atomic mass is 16.5. The van der Waals surface area contributed by atoms with Crippen LogP contribution in [-0.2, 0) is 24.2 Å². The van der Waals surface area contributed by atoms with Crippen LogP contribution in [0.1, 0.15) is 48.1 Å². The van der Waals surface area contributed by atoms with Crippen molar-refractivity contribution in [2.75, 3.05) is 7.11 Å². The van der Waals surface area contributed by atoms with Gasteiger partial charge in [-0.15, -0.1) is 0 Å². The maximum atomic E-state index is 12.5. The van der Waals surface area contributed by atoms with Crippen molar-refractivity contribution >= 4 is 5.91 Å². The second-order valence-corrected chi connectivity index (χ2v) is 7.33. The Kier molecular flexibility index (Phi) is 6.91. The van der Waals surface area contributed by atoms with Gasteiger partial charge in [0.25, 0.3) is 5.91 Å². The number of rotatable bonds is 7. The number of nitriles is 1. The fraction of sp³-hybridized carbons (Fsp3) is 0.333. The monoisotopic (exact) mass is 389 g/mol. The Morgan fingerprint density at radius 2 is 1.90 bits per heavy atom. The number of nitrogens with one attached hydrogen (secondary N) is 2. The lowest BCUT2D eigenvalue weighted by Gasteiger charge is -2.20. The SMILES string of the molecule is COc1ccc(CN/C=C(/C#N)C(=O)NC(C)c2ccc3c(c2)CCCC3)cc1. The first kappa shape index (κ1) is 20.5. The van der Waals surface area contributed by atoms with E-state index in [1.165, 1.54) is 30.2 Å². The highest BCUT2D eigenvalue weighted by Crippen LogP contribution is 2.24. The van der Waals surface area contributed by atoms with Crippen molar-refractivity contribution in [1.29, 1.82) is 5.26 Å². The van der Waals surface area contributed by atoms with Gasteiger partial charge in [-0.25, -0.2) is 0 Å². The van der Waals surface area contributed by atoms with E-state index in [-0.39, 0.29) is 17.5 Å². The average molecular weight is 389 g/mol. The van der Waals surface area contributed by atoms with Crippen molar-refractivity contribution in [1.82, 2.24) is 10.6 Å². The number of ether oxygens (including phenoxy) is 1. The molecule has 0 aromatic heterocycles. The van der Waals surface area contributed by atoms with E-state index in [9.17, 15) is 10.1 Å². The summed E-state index contributed by atoms with van der Waals surface area (Å²) in [5.41, 5.74) is 4.96. The lowest BCUT2D eigenvalue weighted by atomic mass is 9.89. The van der Waals surface area contributed by atoms with Gasteiger partial charge in [-0.1, -0.05) is 30.3 Å². The van der Waals surface area contributed by atoms with Crippen LogP contribution in [-0.4, -0.2) is 13.0 Å². The van der Waals surface area contributed by atoms with Crippen molar-refractivity contribution in [3.8, 4) is 11.8 Å². The minimum atomic E-state index is -0.375. The Morgan fingerprint density at radius 1 is 1.17 bits per heavy atom. The highest BCUT2D eigenvalue weighted by Gasteiger charge is 2.16. The Balaban J connectivity index is 1.58. The number of benzene rings is 2. The molecule has 0 spiro atoms. The van der Waals surface area contributed by atoms with Crippen LogP contribution in [0.25, 0.3) is 0 Å². The van der Waals surface area contributed by atoms with Gasteiger partial charge >= 0.3 is 0 Å². The molecule has 0 aliphatic heterocycles. The molecular formula is C24H27N3O2. The second kappa shape index (κ2) is 9.79. The maximum Gasteiger partial charge on any atom is 0.263 e. The largest absolute Gasteiger partial charge is 0.497 e. The molecule has 1 amide bonds. The molecule has 2 aromatic rings. The molecular weight excluding hydrogens is 362 g/mol. The first-order valence-electron chi connectivity index (χ1n) is 10.00. The van der Waals surface area contributed by atoms with Gasteiger partial charge in [0, 0.05) is 12.7 Å². The van der Waals surface area contributed by atoms with Crippen LogP contribution in [0.15, 0.2) is 54.2 Å². The van der Waals surface area contributed by atoms with Gasteiger partial charge in [-0.2, -0.15) is 5.26 Å². The molecule has 0 heterocycles. The molecule has 1 aliphatic carbocycles. The van der Waals surface area contributed by atoms with E-state index in [2.05, 4.69) is 28.8 Å². The van der Waals surface area contributed by atoms with Crippen LogP contribution >= 0.6 is 0 Å². The molecule has 0 bridgehead atoms. The Labute approximate surface area is 172 Å². The lowest BCUT2D eigenvalue weighted by Crippen LogP contribution is -2.28. The summed E-state index contributed by atoms with van der Waals surface area (Å²) in [5, 5.41) is 15.3. The summed E-state index contributed by atoms with van der Waals surface area (Å²) < 4.78 is 5.14. The van der Waals surface area contributed by atoms with Crippen LogP contribution in [0.3, 0.4) is 0 Å². The number of fused-ring (bicyclic) bond motifs is 1. The lowest BCUT2D eigenvalue weighted by molar-refractivity contribution is -0.117. The average Bonchev–Trinajstić information content (AvgIpc) is 2.76. The fourth-order valence-corrected chi connectivity index (χ4v) is 3.54. The number of hydrogen-bond donors (Lipinski definition) is 2. The predicted octanol–water partition coefficient (Wildman–Crippen LogP) is 3.95. The van der Waals surface area contributed by atoms with E-state index in [0.717, 1.165) is 29.7 Å². The molecule has 3 rings (SSSR count). The fourth-order valence-electron chi connectivity index (χ4n) is 3.54. The predicted molar refractivity (Wildman–Crippen MR) is 113 cm³/mol. The van der Waals surface area contributed by atoms with Crippen molar-refractivity contribution < 1.29 is 9.53 Å². The molecule has 150 valence electrons.